The summed E-state index contributed by atoms with van der Waals surface area (Å²) in [5.74, 6) is -0.224. The Hall–Kier alpha value is -3.23. The van der Waals surface area contributed by atoms with Gasteiger partial charge in [0.2, 0.25) is 0 Å². The number of aryl methyl sites for hydroxylation is 2. The lowest BCUT2D eigenvalue weighted by Gasteiger charge is -2.32. The van der Waals surface area contributed by atoms with E-state index < -0.39 is 0 Å². The Labute approximate surface area is 218 Å². The molecular weight excluding hydrogens is 518 g/mol. The lowest BCUT2D eigenvalue weighted by atomic mass is 10.0. The fraction of sp³-hybridized carbons (Fsp3) is 0.321. The van der Waals surface area contributed by atoms with E-state index >= 15 is 0 Å². The van der Waals surface area contributed by atoms with Crippen LogP contribution in [0.1, 0.15) is 51.6 Å². The van der Waals surface area contributed by atoms with Crippen LogP contribution in [-0.2, 0) is 13.1 Å². The van der Waals surface area contributed by atoms with Crippen LogP contribution in [0.3, 0.4) is 0 Å². The van der Waals surface area contributed by atoms with Gasteiger partial charge in [-0.15, -0.1) is 0 Å². The summed E-state index contributed by atoms with van der Waals surface area (Å²) in [6.07, 6.45) is 3.80. The summed E-state index contributed by atoms with van der Waals surface area (Å²) in [6, 6.07) is 16.6. The highest BCUT2D eigenvalue weighted by Gasteiger charge is 2.24. The number of amides is 1. The summed E-state index contributed by atoms with van der Waals surface area (Å²) in [5.41, 5.74) is 4.90. The van der Waals surface area contributed by atoms with Crippen molar-refractivity contribution in [2.24, 2.45) is 0 Å². The van der Waals surface area contributed by atoms with E-state index in [0.29, 0.717) is 11.1 Å². The van der Waals surface area contributed by atoms with Crippen molar-refractivity contribution in [1.82, 2.24) is 25.0 Å². The molecule has 7 nitrogen and oxygen atoms in total. The molecule has 1 aliphatic heterocycles. The molecular formula is C28H30BrN5O2. The van der Waals surface area contributed by atoms with Crippen molar-refractivity contribution < 1.29 is 4.79 Å². The van der Waals surface area contributed by atoms with Gasteiger partial charge in [-0.2, -0.15) is 5.10 Å². The second kappa shape index (κ2) is 10.4. The predicted octanol–water partition coefficient (Wildman–Crippen LogP) is 4.87. The van der Waals surface area contributed by atoms with Gasteiger partial charge in [0.1, 0.15) is 0 Å². The lowest BCUT2D eigenvalue weighted by Crippen LogP contribution is -2.34. The molecule has 8 heteroatoms. The average Bonchev–Trinajstić information content (AvgIpc) is 3.27. The molecule has 1 amide bonds. The minimum atomic E-state index is -0.224. The van der Waals surface area contributed by atoms with Crippen LogP contribution in [0, 0.1) is 13.8 Å². The first-order valence-electron chi connectivity index (χ1n) is 12.3. The van der Waals surface area contributed by atoms with Crippen LogP contribution >= 0.6 is 15.9 Å². The number of carbonyl (C=O) groups is 1. The van der Waals surface area contributed by atoms with Crippen LogP contribution < -0.4 is 10.9 Å². The van der Waals surface area contributed by atoms with E-state index in [1.54, 1.807) is 6.20 Å². The van der Waals surface area contributed by atoms with Crippen LogP contribution in [0.5, 0.6) is 0 Å². The molecule has 0 bridgehead atoms. The van der Waals surface area contributed by atoms with Crippen molar-refractivity contribution in [3.8, 4) is 0 Å². The molecule has 0 unspecified atom stereocenters. The third-order valence-electron chi connectivity index (χ3n) is 7.00. The van der Waals surface area contributed by atoms with E-state index in [0.717, 1.165) is 59.1 Å². The minimum Gasteiger partial charge on any atom is -0.348 e. The van der Waals surface area contributed by atoms with Crippen molar-refractivity contribution >= 4 is 32.7 Å². The predicted molar refractivity (Wildman–Crippen MR) is 145 cm³/mol. The Morgan fingerprint density at radius 1 is 1.14 bits per heavy atom. The van der Waals surface area contributed by atoms with Crippen molar-refractivity contribution in [3.05, 3.63) is 97.5 Å². The molecule has 1 aliphatic rings. The largest absolute Gasteiger partial charge is 0.348 e. The van der Waals surface area contributed by atoms with E-state index in [9.17, 15) is 9.59 Å². The molecule has 2 aromatic heterocycles. The number of carbonyl (C=O) groups excluding carboxylic acids is 1. The van der Waals surface area contributed by atoms with Crippen LogP contribution in [0.4, 0.5) is 0 Å². The maximum Gasteiger partial charge on any atom is 0.253 e. The average molecular weight is 548 g/mol. The van der Waals surface area contributed by atoms with Crippen molar-refractivity contribution in [3.63, 3.8) is 0 Å². The minimum absolute atomic E-state index is 0.168. The lowest BCUT2D eigenvalue weighted by molar-refractivity contribution is 0.0952. The van der Waals surface area contributed by atoms with Crippen LogP contribution in [0.2, 0.25) is 0 Å². The van der Waals surface area contributed by atoms with E-state index in [-0.39, 0.29) is 24.1 Å². The second-order valence-corrected chi connectivity index (χ2v) is 10.5. The number of piperidine rings is 1. The van der Waals surface area contributed by atoms with E-state index in [1.165, 1.54) is 5.56 Å². The number of H-pyrrole nitrogens is 1. The Morgan fingerprint density at radius 2 is 1.89 bits per heavy atom. The number of halogens is 1. The van der Waals surface area contributed by atoms with Gasteiger partial charge in [-0.1, -0.05) is 46.3 Å². The molecule has 0 spiro atoms. The molecule has 4 aromatic rings. The summed E-state index contributed by atoms with van der Waals surface area (Å²) in [7, 11) is 0. The van der Waals surface area contributed by atoms with Gasteiger partial charge >= 0.3 is 0 Å². The topological polar surface area (TPSA) is 83.0 Å². The number of fused-ring (bicyclic) bond motifs is 1. The summed E-state index contributed by atoms with van der Waals surface area (Å²) in [4.78, 5) is 30.8. The maximum atomic E-state index is 13.2. The summed E-state index contributed by atoms with van der Waals surface area (Å²) in [5, 5.41) is 8.46. The molecule has 3 heterocycles. The fourth-order valence-corrected chi connectivity index (χ4v) is 5.56. The molecule has 2 aromatic carbocycles. The number of aromatic nitrogens is 3. The normalized spacial score (nSPS) is 14.9. The molecule has 1 saturated heterocycles. The Bertz CT molecular complexity index is 1450. The number of aromatic amines is 1. The Balaban J connectivity index is 1.31. The molecule has 0 aliphatic carbocycles. The molecule has 5 rings (SSSR count). The first-order valence-corrected chi connectivity index (χ1v) is 13.1. The monoisotopic (exact) mass is 547 g/mol. The molecule has 0 saturated carbocycles. The van der Waals surface area contributed by atoms with Crippen molar-refractivity contribution in [2.45, 2.75) is 45.8 Å². The Kier molecular flexibility index (Phi) is 7.07. The number of nitrogens with one attached hydrogen (secondary N) is 2. The summed E-state index contributed by atoms with van der Waals surface area (Å²) >= 11 is 3.58. The SMILES string of the molecule is Cc1cc(C)c(CNC(=O)c2cc(Br)cc3c2cnn3C2CCN(Cc3ccccc3)CC2)c(=O)[nH]1. The number of rotatable bonds is 6. The van der Waals surface area contributed by atoms with Gasteiger partial charge in [-0.05, 0) is 56.0 Å². The Morgan fingerprint density at radius 3 is 2.61 bits per heavy atom. The highest BCUT2D eigenvalue weighted by Crippen LogP contribution is 2.30. The third kappa shape index (κ3) is 5.15. The molecule has 0 radical (unpaired) electrons. The van der Waals surface area contributed by atoms with Crippen molar-refractivity contribution in [1.29, 1.82) is 0 Å². The standard InChI is InChI=1S/C28H30BrN5O2/c1-18-12-19(2)32-28(36)24(18)15-30-27(35)23-13-21(29)14-26-25(23)16-31-34(26)22-8-10-33(11-9-22)17-20-6-4-3-5-7-20/h3-7,12-14,16,22H,8-11,15,17H2,1-2H3,(H,30,35)(H,32,36). The van der Waals surface area contributed by atoms with Gasteiger partial charge in [0, 0.05) is 47.3 Å². The molecule has 1 fully saturated rings. The highest BCUT2D eigenvalue weighted by molar-refractivity contribution is 9.10. The number of benzene rings is 2. The van der Waals surface area contributed by atoms with E-state index in [4.69, 9.17) is 5.10 Å². The summed E-state index contributed by atoms with van der Waals surface area (Å²) in [6.45, 7) is 6.88. The fourth-order valence-electron chi connectivity index (χ4n) is 5.12. The quantitative estimate of drug-likeness (QED) is 0.360. The number of nitrogens with zero attached hydrogens (tertiary/aromatic N) is 3. The van der Waals surface area contributed by atoms with Gasteiger partial charge in [0.05, 0.1) is 23.3 Å². The number of pyridine rings is 1. The highest BCUT2D eigenvalue weighted by atomic mass is 79.9. The first-order chi connectivity index (χ1) is 17.4. The number of likely N-dealkylation sites (tertiary alicyclic amines) is 1. The maximum absolute atomic E-state index is 13.2. The zero-order chi connectivity index (χ0) is 25.2. The van der Waals surface area contributed by atoms with E-state index in [2.05, 4.69) is 66.1 Å². The van der Waals surface area contributed by atoms with E-state index in [1.807, 2.05) is 32.0 Å². The smallest absolute Gasteiger partial charge is 0.253 e. The second-order valence-electron chi connectivity index (χ2n) is 9.59. The van der Waals surface area contributed by atoms with Crippen molar-refractivity contribution in [2.75, 3.05) is 13.1 Å². The van der Waals surface area contributed by atoms with Gasteiger partial charge in [0.15, 0.2) is 0 Å². The van der Waals surface area contributed by atoms with Crippen LogP contribution in [0.25, 0.3) is 10.9 Å². The zero-order valence-corrected chi connectivity index (χ0v) is 22.1. The van der Waals surface area contributed by atoms with Crippen LogP contribution in [-0.4, -0.2) is 38.7 Å². The molecule has 186 valence electrons. The zero-order valence-electron chi connectivity index (χ0n) is 20.6. The molecule has 36 heavy (non-hydrogen) atoms. The summed E-state index contributed by atoms with van der Waals surface area (Å²) < 4.78 is 2.90. The van der Waals surface area contributed by atoms with Gasteiger partial charge in [-0.3, -0.25) is 19.2 Å². The molecule has 2 N–H and O–H groups in total. The molecule has 0 atom stereocenters. The number of hydrogen-bond donors (Lipinski definition) is 2. The first kappa shape index (κ1) is 24.5. The third-order valence-corrected chi connectivity index (χ3v) is 7.45. The van der Waals surface area contributed by atoms with Gasteiger partial charge in [0.25, 0.3) is 11.5 Å². The van der Waals surface area contributed by atoms with Crippen LogP contribution in [0.15, 0.2) is 64.0 Å². The van der Waals surface area contributed by atoms with Gasteiger partial charge in [-0.25, -0.2) is 0 Å². The number of hydrogen-bond acceptors (Lipinski definition) is 4. The van der Waals surface area contributed by atoms with Gasteiger partial charge < -0.3 is 10.3 Å².